The van der Waals surface area contributed by atoms with Gasteiger partial charge in [-0.2, -0.15) is 0 Å². The largest absolute Gasteiger partial charge is 0.381 e. The molecule has 2 aromatic carbocycles. The van der Waals surface area contributed by atoms with Gasteiger partial charge in [-0.15, -0.1) is 0 Å². The summed E-state index contributed by atoms with van der Waals surface area (Å²) >= 11 is 6.16. The van der Waals surface area contributed by atoms with Crippen LogP contribution in [0.2, 0.25) is 5.02 Å². The Morgan fingerprint density at radius 2 is 1.90 bits per heavy atom. The van der Waals surface area contributed by atoms with Gasteiger partial charge in [0.15, 0.2) is 0 Å². The molecule has 3 nitrogen and oxygen atoms in total. The Morgan fingerprint density at radius 1 is 1.14 bits per heavy atom. The molecule has 0 radical (unpaired) electrons. The summed E-state index contributed by atoms with van der Waals surface area (Å²) in [5.74, 6) is -0.131. The van der Waals surface area contributed by atoms with Crippen LogP contribution < -0.4 is 10.6 Å². The van der Waals surface area contributed by atoms with E-state index in [4.69, 9.17) is 11.6 Å². The first-order valence-corrected chi connectivity index (χ1v) is 7.20. The van der Waals surface area contributed by atoms with Gasteiger partial charge in [-0.05, 0) is 43.2 Å². The normalized spacial score (nSPS) is 10.3. The average molecular weight is 303 g/mol. The maximum Gasteiger partial charge on any atom is 0.221 e. The number of carbonyl (C=O) groups is 1. The summed E-state index contributed by atoms with van der Waals surface area (Å²) in [6.45, 7) is 6.39. The van der Waals surface area contributed by atoms with Crippen molar-refractivity contribution < 1.29 is 4.79 Å². The Balaban J connectivity index is 2.08. The van der Waals surface area contributed by atoms with Gasteiger partial charge < -0.3 is 10.6 Å². The summed E-state index contributed by atoms with van der Waals surface area (Å²) in [6, 6.07) is 11.9. The molecular weight excluding hydrogens is 284 g/mol. The number of carbonyl (C=O) groups excluding carboxylic acids is 1. The zero-order valence-electron chi connectivity index (χ0n) is 12.5. The highest BCUT2D eigenvalue weighted by Crippen LogP contribution is 2.26. The number of anilines is 2. The van der Waals surface area contributed by atoms with Crippen molar-refractivity contribution in [2.45, 2.75) is 27.3 Å². The molecule has 1 amide bonds. The number of rotatable bonds is 4. The van der Waals surface area contributed by atoms with Crippen LogP contribution >= 0.6 is 11.6 Å². The van der Waals surface area contributed by atoms with Crippen LogP contribution in [0.15, 0.2) is 36.4 Å². The number of hydrogen-bond acceptors (Lipinski definition) is 2. The second-order valence-corrected chi connectivity index (χ2v) is 5.57. The van der Waals surface area contributed by atoms with Gasteiger partial charge in [0.1, 0.15) is 0 Å². The maximum absolute atomic E-state index is 11.0. The summed E-state index contributed by atoms with van der Waals surface area (Å²) in [4.78, 5) is 11.0. The summed E-state index contributed by atoms with van der Waals surface area (Å²) in [5, 5.41) is 6.57. The van der Waals surface area contributed by atoms with Gasteiger partial charge in [0.05, 0.1) is 10.7 Å². The Labute approximate surface area is 130 Å². The molecule has 0 bridgehead atoms. The first-order valence-electron chi connectivity index (χ1n) is 6.83. The second-order valence-electron chi connectivity index (χ2n) is 5.16. The smallest absolute Gasteiger partial charge is 0.221 e. The van der Waals surface area contributed by atoms with Crippen LogP contribution in [0.1, 0.15) is 23.6 Å². The third-order valence-electron chi connectivity index (χ3n) is 3.27. The molecule has 0 aliphatic heterocycles. The topological polar surface area (TPSA) is 41.1 Å². The van der Waals surface area contributed by atoms with Gasteiger partial charge in [0, 0.05) is 19.2 Å². The molecule has 110 valence electrons. The van der Waals surface area contributed by atoms with Crippen molar-refractivity contribution in [1.29, 1.82) is 0 Å². The molecule has 0 atom stereocenters. The van der Waals surface area contributed by atoms with Crippen LogP contribution in [-0.2, 0) is 11.3 Å². The maximum atomic E-state index is 11.0. The van der Waals surface area contributed by atoms with Gasteiger partial charge in [-0.25, -0.2) is 0 Å². The quantitative estimate of drug-likeness (QED) is 0.871. The number of halogens is 1. The lowest BCUT2D eigenvalue weighted by Gasteiger charge is -2.12. The molecule has 0 fully saturated rings. The van der Waals surface area contributed by atoms with Crippen LogP contribution in [0.3, 0.4) is 0 Å². The second kappa shape index (κ2) is 6.64. The lowest BCUT2D eigenvalue weighted by Crippen LogP contribution is -2.07. The molecule has 2 N–H and O–H groups in total. The van der Waals surface area contributed by atoms with Gasteiger partial charge in [0.2, 0.25) is 5.91 Å². The number of aryl methyl sites for hydroxylation is 2. The lowest BCUT2D eigenvalue weighted by atomic mass is 10.1. The van der Waals surface area contributed by atoms with E-state index in [2.05, 4.69) is 42.7 Å². The van der Waals surface area contributed by atoms with Gasteiger partial charge >= 0.3 is 0 Å². The molecule has 0 aliphatic rings. The fourth-order valence-electron chi connectivity index (χ4n) is 2.10. The summed E-state index contributed by atoms with van der Waals surface area (Å²) in [5.41, 5.74) is 5.32. The minimum absolute atomic E-state index is 0.131. The van der Waals surface area contributed by atoms with Crippen LogP contribution in [0.4, 0.5) is 11.4 Å². The highest BCUT2D eigenvalue weighted by molar-refractivity contribution is 6.34. The molecule has 0 saturated carbocycles. The Morgan fingerprint density at radius 3 is 2.57 bits per heavy atom. The van der Waals surface area contributed by atoms with Crippen molar-refractivity contribution in [3.8, 4) is 0 Å². The van der Waals surface area contributed by atoms with E-state index < -0.39 is 0 Å². The van der Waals surface area contributed by atoms with Crippen LogP contribution in [-0.4, -0.2) is 5.91 Å². The summed E-state index contributed by atoms with van der Waals surface area (Å²) < 4.78 is 0. The standard InChI is InChI=1S/C17H19ClN2O/c1-11-4-5-12(2)14(8-11)10-19-15-6-7-17(16(18)9-15)20-13(3)21/h4-9,19H,10H2,1-3H3,(H,20,21). The lowest BCUT2D eigenvalue weighted by molar-refractivity contribution is -0.114. The molecule has 21 heavy (non-hydrogen) atoms. The molecule has 0 unspecified atom stereocenters. The van der Waals surface area contributed by atoms with Crippen molar-refractivity contribution in [2.75, 3.05) is 10.6 Å². The van der Waals surface area contributed by atoms with E-state index in [1.807, 2.05) is 12.1 Å². The number of hydrogen-bond donors (Lipinski definition) is 2. The van der Waals surface area contributed by atoms with Crippen LogP contribution in [0, 0.1) is 13.8 Å². The van der Waals surface area contributed by atoms with E-state index in [1.165, 1.54) is 23.6 Å². The van der Waals surface area contributed by atoms with Gasteiger partial charge in [-0.3, -0.25) is 4.79 Å². The van der Waals surface area contributed by atoms with Gasteiger partial charge in [-0.1, -0.05) is 35.4 Å². The van der Waals surface area contributed by atoms with Crippen LogP contribution in [0.25, 0.3) is 0 Å². The molecular formula is C17H19ClN2O. The molecule has 0 aromatic heterocycles. The van der Waals surface area contributed by atoms with Gasteiger partial charge in [0.25, 0.3) is 0 Å². The van der Waals surface area contributed by atoms with Crippen LogP contribution in [0.5, 0.6) is 0 Å². The minimum atomic E-state index is -0.131. The third-order valence-corrected chi connectivity index (χ3v) is 3.58. The highest BCUT2D eigenvalue weighted by Gasteiger charge is 2.04. The van der Waals surface area contributed by atoms with E-state index in [0.29, 0.717) is 10.7 Å². The molecule has 2 aromatic rings. The highest BCUT2D eigenvalue weighted by atomic mass is 35.5. The molecule has 0 spiro atoms. The Hall–Kier alpha value is -2.00. The number of amides is 1. The average Bonchev–Trinajstić information content (AvgIpc) is 2.42. The first-order chi connectivity index (χ1) is 9.95. The summed E-state index contributed by atoms with van der Waals surface area (Å²) in [6.07, 6.45) is 0. The fourth-order valence-corrected chi connectivity index (χ4v) is 2.33. The predicted molar refractivity (Wildman–Crippen MR) is 89.0 cm³/mol. The predicted octanol–water partition coefficient (Wildman–Crippen LogP) is 4.53. The summed E-state index contributed by atoms with van der Waals surface area (Å²) in [7, 11) is 0. The van der Waals surface area contributed by atoms with E-state index in [1.54, 1.807) is 6.07 Å². The number of benzene rings is 2. The van der Waals surface area contributed by atoms with Crippen molar-refractivity contribution in [2.24, 2.45) is 0 Å². The minimum Gasteiger partial charge on any atom is -0.381 e. The molecule has 0 aliphatic carbocycles. The molecule has 0 heterocycles. The molecule has 0 saturated heterocycles. The monoisotopic (exact) mass is 302 g/mol. The SMILES string of the molecule is CC(=O)Nc1ccc(NCc2cc(C)ccc2C)cc1Cl. The van der Waals surface area contributed by atoms with E-state index in [-0.39, 0.29) is 5.91 Å². The van der Waals surface area contributed by atoms with Crippen molar-refractivity contribution in [3.05, 3.63) is 58.1 Å². The van der Waals surface area contributed by atoms with Crippen molar-refractivity contribution >= 4 is 28.9 Å². The first kappa shape index (κ1) is 15.4. The molecule has 2 rings (SSSR count). The van der Waals surface area contributed by atoms with Crippen molar-refractivity contribution in [1.82, 2.24) is 0 Å². The Kier molecular flexibility index (Phi) is 4.86. The zero-order valence-corrected chi connectivity index (χ0v) is 13.2. The third kappa shape index (κ3) is 4.23. The van der Waals surface area contributed by atoms with Crippen molar-refractivity contribution in [3.63, 3.8) is 0 Å². The van der Waals surface area contributed by atoms with E-state index in [9.17, 15) is 4.79 Å². The zero-order chi connectivity index (χ0) is 15.4. The number of nitrogens with one attached hydrogen (secondary N) is 2. The van der Waals surface area contributed by atoms with E-state index >= 15 is 0 Å². The Bertz CT molecular complexity index is 668. The molecule has 4 heteroatoms. The van der Waals surface area contributed by atoms with E-state index in [0.717, 1.165) is 12.2 Å². The fraction of sp³-hybridized carbons (Fsp3) is 0.235.